The number of methoxy groups -OCH3 is 1. The van der Waals surface area contributed by atoms with Crippen LogP contribution in [0.4, 0.5) is 15.3 Å². The van der Waals surface area contributed by atoms with Gasteiger partial charge in [-0.25, -0.2) is 14.5 Å². The Hall–Kier alpha value is -3.10. The lowest BCUT2D eigenvalue weighted by Crippen LogP contribution is -2.57. The zero-order valence-corrected chi connectivity index (χ0v) is 18.0. The van der Waals surface area contributed by atoms with Gasteiger partial charge in [0.25, 0.3) is 0 Å². The summed E-state index contributed by atoms with van der Waals surface area (Å²) in [6, 6.07) is 3.09. The van der Waals surface area contributed by atoms with Crippen molar-refractivity contribution in [2.75, 3.05) is 25.2 Å². The van der Waals surface area contributed by atoms with Crippen LogP contribution in [-0.4, -0.2) is 66.2 Å². The number of carbonyl (C=O) groups excluding carboxylic acids is 4. The highest BCUT2D eigenvalue weighted by molar-refractivity contribution is 14.1. The van der Waals surface area contributed by atoms with Crippen LogP contribution < -0.4 is 26.0 Å². The van der Waals surface area contributed by atoms with E-state index in [4.69, 9.17) is 15.6 Å². The average molecular weight is 533 g/mol. The number of urea groups is 1. The van der Waals surface area contributed by atoms with E-state index < -0.39 is 49.0 Å². The highest BCUT2D eigenvalue weighted by Gasteiger charge is 2.35. The second-order valence-electron chi connectivity index (χ2n) is 6.19. The Morgan fingerprint density at radius 1 is 1.33 bits per heavy atom. The lowest BCUT2D eigenvalue weighted by Gasteiger charge is -2.35. The third kappa shape index (κ3) is 5.71. The highest BCUT2D eigenvalue weighted by atomic mass is 127. The third-order valence-electron chi connectivity index (χ3n) is 4.17. The number of ether oxygens (including phenoxy) is 1. The first-order chi connectivity index (χ1) is 14.1. The van der Waals surface area contributed by atoms with Gasteiger partial charge in [-0.3, -0.25) is 19.3 Å². The molecule has 30 heavy (non-hydrogen) atoms. The average Bonchev–Trinajstić information content (AvgIpc) is 2.66. The minimum Gasteiger partial charge on any atom is -0.495 e. The number of nitrogens with zero attached hydrogens (tertiary/aromatic N) is 2. The molecule has 13 heteroatoms. The SMILES string of the molecule is COc1ccc(I)cc1N1CCC(=O)N(CNC(=O)[C@H](CC(N)=O)NC(=O)O)C1=O. The van der Waals surface area contributed by atoms with E-state index in [-0.39, 0.29) is 13.0 Å². The summed E-state index contributed by atoms with van der Waals surface area (Å²) in [5, 5.41) is 13.0. The largest absolute Gasteiger partial charge is 0.495 e. The summed E-state index contributed by atoms with van der Waals surface area (Å²) >= 11 is 2.08. The molecule has 1 aromatic carbocycles. The van der Waals surface area contributed by atoms with Gasteiger partial charge in [-0.15, -0.1) is 0 Å². The van der Waals surface area contributed by atoms with Crippen LogP contribution in [0.1, 0.15) is 12.8 Å². The van der Waals surface area contributed by atoms with Gasteiger partial charge in [-0.2, -0.15) is 0 Å². The number of imide groups is 1. The molecule has 1 heterocycles. The summed E-state index contributed by atoms with van der Waals surface area (Å²) in [6.07, 6.45) is -2.10. The molecular formula is C17H20IN5O7. The molecule has 2 rings (SSSR count). The van der Waals surface area contributed by atoms with Crippen molar-refractivity contribution < 1.29 is 33.8 Å². The fourth-order valence-corrected chi connectivity index (χ4v) is 3.26. The topological polar surface area (TPSA) is 171 Å². The Morgan fingerprint density at radius 2 is 2.03 bits per heavy atom. The number of rotatable bonds is 8. The Kier molecular flexibility index (Phi) is 7.79. The fourth-order valence-electron chi connectivity index (χ4n) is 2.78. The molecule has 0 saturated carbocycles. The van der Waals surface area contributed by atoms with E-state index in [0.717, 1.165) is 8.47 Å². The maximum absolute atomic E-state index is 12.9. The Balaban J connectivity index is 2.15. The van der Waals surface area contributed by atoms with Crippen LogP contribution >= 0.6 is 22.6 Å². The maximum atomic E-state index is 12.9. The second-order valence-corrected chi connectivity index (χ2v) is 7.44. The number of hydrogen-bond donors (Lipinski definition) is 4. The number of primary amides is 1. The standard InChI is InChI=1S/C17H20IN5O7/c1-30-12-3-2-9(18)6-11(12)22-5-4-14(25)23(17(22)29)8-20-15(26)10(7-13(19)24)21-16(27)28/h2-3,6,10,21H,4-5,7-8H2,1H3,(H2,19,24)(H,20,26)(H,27,28)/t10-/m0/s1. The number of carbonyl (C=O) groups is 5. The molecule has 1 saturated heterocycles. The molecule has 6 amide bonds. The van der Waals surface area contributed by atoms with Gasteiger partial charge >= 0.3 is 12.1 Å². The normalized spacial score (nSPS) is 14.9. The Labute approximate surface area is 184 Å². The van der Waals surface area contributed by atoms with Crippen molar-refractivity contribution in [3.05, 3.63) is 21.8 Å². The predicted octanol–water partition coefficient (Wildman–Crippen LogP) is 0.0438. The number of carboxylic acid groups (broad SMARTS) is 1. The molecule has 1 aromatic rings. The van der Waals surface area contributed by atoms with Crippen LogP contribution in [0.15, 0.2) is 18.2 Å². The molecule has 1 aliphatic rings. The summed E-state index contributed by atoms with van der Waals surface area (Å²) in [5.41, 5.74) is 5.49. The molecule has 0 aromatic heterocycles. The van der Waals surface area contributed by atoms with Gasteiger partial charge < -0.3 is 26.2 Å². The van der Waals surface area contributed by atoms with E-state index in [0.29, 0.717) is 11.4 Å². The van der Waals surface area contributed by atoms with Crippen LogP contribution in [0.2, 0.25) is 0 Å². The summed E-state index contributed by atoms with van der Waals surface area (Å²) in [4.78, 5) is 61.4. The summed E-state index contributed by atoms with van der Waals surface area (Å²) in [5.74, 6) is -1.88. The van der Waals surface area contributed by atoms with Crippen molar-refractivity contribution in [3.8, 4) is 5.75 Å². The van der Waals surface area contributed by atoms with Crippen molar-refractivity contribution in [2.45, 2.75) is 18.9 Å². The minimum atomic E-state index is -1.53. The molecule has 1 aliphatic heterocycles. The lowest BCUT2D eigenvalue weighted by molar-refractivity contribution is -0.131. The van der Waals surface area contributed by atoms with Gasteiger partial charge in [0.05, 0.1) is 19.2 Å². The Bertz CT molecular complexity index is 862. The van der Waals surface area contributed by atoms with Crippen molar-refractivity contribution in [3.63, 3.8) is 0 Å². The van der Waals surface area contributed by atoms with Crippen molar-refractivity contribution in [1.29, 1.82) is 0 Å². The summed E-state index contributed by atoms with van der Waals surface area (Å²) in [6.45, 7) is -0.376. The number of anilines is 1. The van der Waals surface area contributed by atoms with E-state index >= 15 is 0 Å². The molecule has 0 aliphatic carbocycles. The summed E-state index contributed by atoms with van der Waals surface area (Å²) < 4.78 is 6.14. The van der Waals surface area contributed by atoms with Gasteiger partial charge in [0.15, 0.2) is 0 Å². The van der Waals surface area contributed by atoms with Crippen LogP contribution in [0.5, 0.6) is 5.75 Å². The molecule has 162 valence electrons. The molecule has 5 N–H and O–H groups in total. The van der Waals surface area contributed by atoms with E-state index in [1.807, 2.05) is 5.32 Å². The van der Waals surface area contributed by atoms with Crippen molar-refractivity contribution >= 4 is 58.1 Å². The highest BCUT2D eigenvalue weighted by Crippen LogP contribution is 2.32. The van der Waals surface area contributed by atoms with Gasteiger partial charge in [0.2, 0.25) is 17.7 Å². The summed E-state index contributed by atoms with van der Waals surface area (Å²) in [7, 11) is 1.46. The van der Waals surface area contributed by atoms with Crippen LogP contribution in [-0.2, 0) is 14.4 Å². The molecule has 12 nitrogen and oxygen atoms in total. The first-order valence-corrected chi connectivity index (χ1v) is 9.72. The Morgan fingerprint density at radius 3 is 2.63 bits per heavy atom. The van der Waals surface area contributed by atoms with Crippen molar-refractivity contribution in [1.82, 2.24) is 15.5 Å². The van der Waals surface area contributed by atoms with Crippen molar-refractivity contribution in [2.24, 2.45) is 5.73 Å². The number of nitrogens with two attached hydrogens (primary N) is 1. The number of nitrogens with one attached hydrogen (secondary N) is 2. The maximum Gasteiger partial charge on any atom is 0.405 e. The number of halogens is 1. The lowest BCUT2D eigenvalue weighted by atomic mass is 10.2. The molecular weight excluding hydrogens is 513 g/mol. The molecule has 1 atom stereocenters. The third-order valence-corrected chi connectivity index (χ3v) is 4.85. The van der Waals surface area contributed by atoms with E-state index in [9.17, 15) is 24.0 Å². The molecule has 0 unspecified atom stereocenters. The van der Waals surface area contributed by atoms with Gasteiger partial charge in [-0.05, 0) is 40.8 Å². The van der Waals surface area contributed by atoms with Gasteiger partial charge in [-0.1, -0.05) is 0 Å². The zero-order valence-electron chi connectivity index (χ0n) is 15.9. The molecule has 0 radical (unpaired) electrons. The predicted molar refractivity (Wildman–Crippen MR) is 112 cm³/mol. The number of benzene rings is 1. The minimum absolute atomic E-state index is 0.00826. The number of hydrogen-bond acceptors (Lipinski definition) is 6. The molecule has 0 spiro atoms. The molecule has 0 bridgehead atoms. The first kappa shape index (κ1) is 23.2. The van der Waals surface area contributed by atoms with Crippen LogP contribution in [0.3, 0.4) is 0 Å². The first-order valence-electron chi connectivity index (χ1n) is 8.65. The van der Waals surface area contributed by atoms with Gasteiger partial charge in [0.1, 0.15) is 18.5 Å². The molecule has 1 fully saturated rings. The van der Waals surface area contributed by atoms with Gasteiger partial charge in [0, 0.05) is 16.5 Å². The fraction of sp³-hybridized carbons (Fsp3) is 0.353. The number of amides is 6. The smallest absolute Gasteiger partial charge is 0.405 e. The second kappa shape index (κ2) is 10.1. The van der Waals surface area contributed by atoms with E-state index in [1.165, 1.54) is 12.0 Å². The van der Waals surface area contributed by atoms with E-state index in [2.05, 4.69) is 27.9 Å². The zero-order chi connectivity index (χ0) is 22.4. The van der Waals surface area contributed by atoms with Crippen LogP contribution in [0, 0.1) is 3.57 Å². The quantitative estimate of drug-likeness (QED) is 0.342. The monoisotopic (exact) mass is 533 g/mol. The van der Waals surface area contributed by atoms with Crippen LogP contribution in [0.25, 0.3) is 0 Å². The van der Waals surface area contributed by atoms with E-state index in [1.54, 1.807) is 18.2 Å².